The predicted octanol–water partition coefficient (Wildman–Crippen LogP) is 2.78. The summed E-state index contributed by atoms with van der Waals surface area (Å²) in [5, 5.41) is 6.16. The van der Waals surface area contributed by atoms with Crippen molar-refractivity contribution < 1.29 is 9.18 Å². The molecule has 0 spiro atoms. The molecule has 1 amide bonds. The number of amides is 1. The molecule has 1 atom stereocenters. The average molecular weight is 266 g/mol. The van der Waals surface area contributed by atoms with Crippen LogP contribution in [0.3, 0.4) is 0 Å². The fraction of sp³-hybridized carbons (Fsp3) is 0.533. The third kappa shape index (κ3) is 6.34. The van der Waals surface area contributed by atoms with Crippen LogP contribution >= 0.6 is 0 Å². The molecule has 0 heterocycles. The zero-order chi connectivity index (χ0) is 14.5. The van der Waals surface area contributed by atoms with Crippen molar-refractivity contribution in [2.24, 2.45) is 0 Å². The van der Waals surface area contributed by atoms with Crippen LogP contribution in [0.4, 0.5) is 4.39 Å². The van der Waals surface area contributed by atoms with E-state index in [9.17, 15) is 9.18 Å². The van der Waals surface area contributed by atoms with Crippen molar-refractivity contribution in [3.63, 3.8) is 0 Å². The highest BCUT2D eigenvalue weighted by molar-refractivity contribution is 5.76. The van der Waals surface area contributed by atoms with Crippen molar-refractivity contribution in [3.05, 3.63) is 35.6 Å². The molecule has 1 aromatic rings. The minimum Gasteiger partial charge on any atom is -0.350 e. The predicted molar refractivity (Wildman–Crippen MR) is 75.3 cm³/mol. The molecule has 0 saturated heterocycles. The molecule has 0 aliphatic rings. The summed E-state index contributed by atoms with van der Waals surface area (Å²) in [6, 6.07) is 6.07. The molecule has 0 saturated carbocycles. The van der Waals surface area contributed by atoms with Crippen molar-refractivity contribution >= 4 is 5.91 Å². The first-order valence-electron chi connectivity index (χ1n) is 6.58. The van der Waals surface area contributed by atoms with Gasteiger partial charge in [0.25, 0.3) is 0 Å². The fourth-order valence-electron chi connectivity index (χ4n) is 1.70. The van der Waals surface area contributed by atoms with Gasteiger partial charge in [-0.1, -0.05) is 12.1 Å². The molecular weight excluding hydrogens is 243 g/mol. The van der Waals surface area contributed by atoms with Gasteiger partial charge in [0, 0.05) is 18.5 Å². The van der Waals surface area contributed by atoms with E-state index in [1.54, 1.807) is 12.1 Å². The first-order chi connectivity index (χ1) is 8.78. The van der Waals surface area contributed by atoms with E-state index in [1.807, 2.05) is 6.92 Å². The first kappa shape index (κ1) is 15.6. The van der Waals surface area contributed by atoms with Gasteiger partial charge in [0.1, 0.15) is 5.82 Å². The molecule has 0 aromatic heterocycles. The van der Waals surface area contributed by atoms with E-state index in [0.29, 0.717) is 13.0 Å². The fourth-order valence-corrected chi connectivity index (χ4v) is 1.70. The van der Waals surface area contributed by atoms with Crippen LogP contribution in [-0.4, -0.2) is 18.0 Å². The summed E-state index contributed by atoms with van der Waals surface area (Å²) in [5.41, 5.74) is 0.918. The van der Waals surface area contributed by atoms with E-state index in [-0.39, 0.29) is 23.3 Å². The summed E-state index contributed by atoms with van der Waals surface area (Å²) in [6.45, 7) is 8.72. The van der Waals surface area contributed by atoms with Gasteiger partial charge in [0.15, 0.2) is 0 Å². The van der Waals surface area contributed by atoms with Crippen LogP contribution in [0, 0.1) is 5.82 Å². The number of hydrogen-bond acceptors (Lipinski definition) is 2. The van der Waals surface area contributed by atoms with E-state index >= 15 is 0 Å². The number of hydrogen-bond donors (Lipinski definition) is 2. The average Bonchev–Trinajstić information content (AvgIpc) is 2.27. The van der Waals surface area contributed by atoms with Crippen LogP contribution in [0.5, 0.6) is 0 Å². The second-order valence-corrected chi connectivity index (χ2v) is 5.77. The summed E-state index contributed by atoms with van der Waals surface area (Å²) in [4.78, 5) is 11.8. The van der Waals surface area contributed by atoms with Crippen LogP contribution in [0.15, 0.2) is 24.3 Å². The molecule has 3 nitrogen and oxygen atoms in total. The number of carbonyl (C=O) groups excluding carboxylic acids is 1. The molecular formula is C15H23FN2O. The Hall–Kier alpha value is -1.42. The number of benzene rings is 1. The lowest BCUT2D eigenvalue weighted by atomic mass is 10.1. The topological polar surface area (TPSA) is 41.1 Å². The summed E-state index contributed by atoms with van der Waals surface area (Å²) < 4.78 is 12.8. The molecule has 2 N–H and O–H groups in total. The standard InChI is InChI=1S/C15H23FN2O/c1-11(12-5-7-13(16)8-6-12)18-14(19)9-10-17-15(2,3)4/h5-8,11,17H,9-10H2,1-4H3,(H,18,19)/t11-/m0/s1. The number of carbonyl (C=O) groups is 1. The number of rotatable bonds is 5. The van der Waals surface area contributed by atoms with Gasteiger partial charge in [-0.05, 0) is 45.4 Å². The minimum atomic E-state index is -0.267. The molecule has 0 aliphatic heterocycles. The Bertz CT molecular complexity index is 409. The monoisotopic (exact) mass is 266 g/mol. The normalized spacial score (nSPS) is 13.1. The van der Waals surface area contributed by atoms with Gasteiger partial charge in [-0.2, -0.15) is 0 Å². The van der Waals surface area contributed by atoms with Crippen LogP contribution in [-0.2, 0) is 4.79 Å². The smallest absolute Gasteiger partial charge is 0.221 e. The Morgan fingerprint density at radius 1 is 1.26 bits per heavy atom. The lowest BCUT2D eigenvalue weighted by Crippen LogP contribution is -2.38. The molecule has 0 fully saturated rings. The quantitative estimate of drug-likeness (QED) is 0.860. The largest absolute Gasteiger partial charge is 0.350 e. The Labute approximate surface area is 114 Å². The molecule has 106 valence electrons. The van der Waals surface area contributed by atoms with Crippen LogP contribution in [0.1, 0.15) is 45.7 Å². The Morgan fingerprint density at radius 2 is 1.84 bits per heavy atom. The lowest BCUT2D eigenvalue weighted by molar-refractivity contribution is -0.121. The van der Waals surface area contributed by atoms with Gasteiger partial charge >= 0.3 is 0 Å². The SMILES string of the molecule is C[C@H](NC(=O)CCNC(C)(C)C)c1ccc(F)cc1. The summed E-state index contributed by atoms with van der Waals surface area (Å²) in [6.07, 6.45) is 0.433. The highest BCUT2D eigenvalue weighted by Gasteiger charge is 2.12. The number of halogens is 1. The zero-order valence-electron chi connectivity index (χ0n) is 12.1. The molecule has 1 aromatic carbocycles. The summed E-state index contributed by atoms with van der Waals surface area (Å²) in [5.74, 6) is -0.273. The highest BCUT2D eigenvalue weighted by Crippen LogP contribution is 2.12. The highest BCUT2D eigenvalue weighted by atomic mass is 19.1. The number of nitrogens with one attached hydrogen (secondary N) is 2. The molecule has 0 bridgehead atoms. The van der Waals surface area contributed by atoms with Crippen molar-refractivity contribution in [3.8, 4) is 0 Å². The molecule has 0 unspecified atom stereocenters. The van der Waals surface area contributed by atoms with E-state index in [0.717, 1.165) is 5.56 Å². The van der Waals surface area contributed by atoms with Crippen molar-refractivity contribution in [1.82, 2.24) is 10.6 Å². The van der Waals surface area contributed by atoms with E-state index in [2.05, 4.69) is 31.4 Å². The maximum atomic E-state index is 12.8. The van der Waals surface area contributed by atoms with Gasteiger partial charge in [-0.15, -0.1) is 0 Å². The van der Waals surface area contributed by atoms with E-state index in [1.165, 1.54) is 12.1 Å². The van der Waals surface area contributed by atoms with Crippen molar-refractivity contribution in [2.45, 2.75) is 45.7 Å². The van der Waals surface area contributed by atoms with Crippen LogP contribution in [0.25, 0.3) is 0 Å². The van der Waals surface area contributed by atoms with Crippen molar-refractivity contribution in [2.75, 3.05) is 6.54 Å². The Morgan fingerprint density at radius 3 is 2.37 bits per heavy atom. The van der Waals surface area contributed by atoms with Gasteiger partial charge in [0.2, 0.25) is 5.91 Å². The van der Waals surface area contributed by atoms with E-state index in [4.69, 9.17) is 0 Å². The van der Waals surface area contributed by atoms with Gasteiger partial charge in [-0.3, -0.25) is 4.79 Å². The summed E-state index contributed by atoms with van der Waals surface area (Å²) >= 11 is 0. The molecule has 0 radical (unpaired) electrons. The van der Waals surface area contributed by atoms with Gasteiger partial charge in [-0.25, -0.2) is 4.39 Å². The zero-order valence-corrected chi connectivity index (χ0v) is 12.1. The second kappa shape index (κ2) is 6.66. The van der Waals surface area contributed by atoms with Crippen LogP contribution in [0.2, 0.25) is 0 Å². The third-order valence-corrected chi connectivity index (χ3v) is 2.75. The lowest BCUT2D eigenvalue weighted by Gasteiger charge is -2.20. The Kier molecular flexibility index (Phi) is 5.48. The minimum absolute atomic E-state index is 0.00595. The first-order valence-corrected chi connectivity index (χ1v) is 6.58. The Balaban J connectivity index is 2.38. The van der Waals surface area contributed by atoms with Crippen LogP contribution < -0.4 is 10.6 Å². The molecule has 19 heavy (non-hydrogen) atoms. The maximum absolute atomic E-state index is 12.8. The maximum Gasteiger partial charge on any atom is 0.221 e. The van der Waals surface area contributed by atoms with Gasteiger partial charge in [0.05, 0.1) is 6.04 Å². The molecule has 0 aliphatic carbocycles. The second-order valence-electron chi connectivity index (χ2n) is 5.77. The third-order valence-electron chi connectivity index (χ3n) is 2.75. The van der Waals surface area contributed by atoms with Gasteiger partial charge < -0.3 is 10.6 Å². The molecule has 1 rings (SSSR count). The van der Waals surface area contributed by atoms with Crippen molar-refractivity contribution in [1.29, 1.82) is 0 Å². The molecule has 4 heteroatoms. The summed E-state index contributed by atoms with van der Waals surface area (Å²) in [7, 11) is 0. The van der Waals surface area contributed by atoms with E-state index < -0.39 is 0 Å².